The Morgan fingerprint density at radius 1 is 1.36 bits per heavy atom. The number of furan rings is 1. The van der Waals surface area contributed by atoms with E-state index in [1.54, 1.807) is 24.3 Å². The number of aromatic hydroxyl groups is 1. The highest BCUT2D eigenvalue weighted by molar-refractivity contribution is 9.09. The second-order valence-corrected chi connectivity index (χ2v) is 12.1. The van der Waals surface area contributed by atoms with Gasteiger partial charge in [-0.1, -0.05) is 39.7 Å². The summed E-state index contributed by atoms with van der Waals surface area (Å²) in [6, 6.07) is 7.01. The van der Waals surface area contributed by atoms with Crippen LogP contribution in [-0.2, 0) is 4.79 Å². The number of hydrogen-bond acceptors (Lipinski definition) is 4. The lowest BCUT2D eigenvalue weighted by Crippen LogP contribution is -2.29. The molecule has 2 N–H and O–H groups in total. The van der Waals surface area contributed by atoms with Crippen molar-refractivity contribution in [3.8, 4) is 22.8 Å². The van der Waals surface area contributed by atoms with Gasteiger partial charge in [0.1, 0.15) is 0 Å². The van der Waals surface area contributed by atoms with Gasteiger partial charge in [0.2, 0.25) is 31.6 Å². The molecule has 1 heterocycles. The lowest BCUT2D eigenvalue weighted by Gasteiger charge is -2.18. The van der Waals surface area contributed by atoms with Gasteiger partial charge in [-0.2, -0.15) is 0 Å². The molecule has 2 rings (SSSR count). The van der Waals surface area contributed by atoms with Crippen molar-refractivity contribution in [1.82, 2.24) is 0 Å². The van der Waals surface area contributed by atoms with Crippen LogP contribution in [0.2, 0.25) is 24.7 Å². The number of halogens is 2. The first-order chi connectivity index (χ1) is 11.7. The van der Waals surface area contributed by atoms with E-state index in [0.717, 1.165) is 5.33 Å². The Kier molecular flexibility index (Phi) is 6.59. The molecule has 0 aliphatic carbocycles. The van der Waals surface area contributed by atoms with Crippen molar-refractivity contribution >= 4 is 47.6 Å². The lowest BCUT2D eigenvalue weighted by atomic mass is 10.1. The first kappa shape index (κ1) is 19.9. The van der Waals surface area contributed by atoms with E-state index in [-0.39, 0.29) is 29.1 Å². The summed E-state index contributed by atoms with van der Waals surface area (Å²) in [5.74, 6) is 0.0657. The minimum Gasteiger partial charge on any atom is -0.538 e. The summed E-state index contributed by atoms with van der Waals surface area (Å²) in [7, 11) is -2.05. The van der Waals surface area contributed by atoms with E-state index in [2.05, 4.69) is 21.2 Å². The molecule has 0 aliphatic rings. The molecular formula is C17H21BrClNO4Si. The highest BCUT2D eigenvalue weighted by Crippen LogP contribution is 2.48. The topological polar surface area (TPSA) is 71.7 Å². The smallest absolute Gasteiger partial charge is 0.245 e. The molecule has 5 nitrogen and oxygen atoms in total. The molecule has 1 amide bonds. The fourth-order valence-corrected chi connectivity index (χ4v) is 3.44. The van der Waals surface area contributed by atoms with Crippen molar-refractivity contribution < 1.29 is 18.7 Å². The van der Waals surface area contributed by atoms with Crippen molar-refractivity contribution in [2.45, 2.75) is 32.5 Å². The van der Waals surface area contributed by atoms with Gasteiger partial charge < -0.3 is 13.9 Å². The molecule has 0 radical (unpaired) electrons. The Hall–Kier alpha value is -1.44. The number of hydrogen-bond donors (Lipinski definition) is 2. The Morgan fingerprint density at radius 2 is 2.04 bits per heavy atom. The van der Waals surface area contributed by atoms with Crippen LogP contribution < -0.4 is 9.74 Å². The zero-order chi connectivity index (χ0) is 18.6. The monoisotopic (exact) mass is 445 g/mol. The molecule has 0 atom stereocenters. The third-order valence-electron chi connectivity index (χ3n) is 3.16. The number of nitrogens with one attached hydrogen (secondary N) is 1. The summed E-state index contributed by atoms with van der Waals surface area (Å²) in [5.41, 5.74) is 0.531. The number of alkyl halides is 1. The van der Waals surface area contributed by atoms with E-state index in [1.807, 2.05) is 19.6 Å². The van der Waals surface area contributed by atoms with Crippen LogP contribution in [0.1, 0.15) is 12.8 Å². The predicted molar refractivity (Wildman–Crippen MR) is 106 cm³/mol. The van der Waals surface area contributed by atoms with Crippen LogP contribution in [0.5, 0.6) is 11.5 Å². The molecule has 136 valence electrons. The third kappa shape index (κ3) is 5.26. The van der Waals surface area contributed by atoms with Gasteiger partial charge in [-0.15, -0.1) is 0 Å². The molecule has 1 aromatic carbocycles. The van der Waals surface area contributed by atoms with Gasteiger partial charge in [0.25, 0.3) is 0 Å². The quantitative estimate of drug-likeness (QED) is 0.427. The Morgan fingerprint density at radius 3 is 2.64 bits per heavy atom. The normalized spacial score (nSPS) is 11.4. The van der Waals surface area contributed by atoms with Crippen molar-refractivity contribution in [2.24, 2.45) is 0 Å². The van der Waals surface area contributed by atoms with Crippen LogP contribution >= 0.6 is 27.5 Å². The maximum atomic E-state index is 12.1. The van der Waals surface area contributed by atoms with Crippen LogP contribution in [0.15, 0.2) is 28.7 Å². The fourth-order valence-electron chi connectivity index (χ4n) is 2.13. The molecule has 0 saturated heterocycles. The van der Waals surface area contributed by atoms with Gasteiger partial charge in [-0.05, 0) is 38.2 Å². The van der Waals surface area contributed by atoms with Gasteiger partial charge in [0.05, 0.1) is 5.02 Å². The standard InChI is InChI=1S/C17H21BrClNO4Si/c1-25(2,3)24-16-14(22)15(11-7-4-5-8-12(11)19)23-17(16)20-13(21)9-6-10-18/h4-5,7-8,22H,6,9-10H2,1-3H3,(H,20,21). The van der Waals surface area contributed by atoms with E-state index in [4.69, 9.17) is 20.4 Å². The number of carbonyl (C=O) groups is 1. The van der Waals surface area contributed by atoms with Crippen LogP contribution in [0.3, 0.4) is 0 Å². The molecule has 0 saturated carbocycles. The number of anilines is 1. The van der Waals surface area contributed by atoms with E-state index in [1.165, 1.54) is 0 Å². The van der Waals surface area contributed by atoms with Crippen molar-refractivity contribution in [3.05, 3.63) is 29.3 Å². The first-order valence-corrected chi connectivity index (χ1v) is 12.8. The summed E-state index contributed by atoms with van der Waals surface area (Å²) in [5, 5.41) is 14.5. The molecule has 0 bridgehead atoms. The molecule has 2 aromatic rings. The summed E-state index contributed by atoms with van der Waals surface area (Å²) >= 11 is 9.50. The van der Waals surface area contributed by atoms with Gasteiger partial charge in [0, 0.05) is 17.3 Å². The molecule has 25 heavy (non-hydrogen) atoms. The largest absolute Gasteiger partial charge is 0.538 e. The average molecular weight is 447 g/mol. The Labute approximate surface area is 161 Å². The van der Waals surface area contributed by atoms with Gasteiger partial charge >= 0.3 is 0 Å². The molecule has 1 aromatic heterocycles. The fraction of sp³-hybridized carbons (Fsp3) is 0.353. The van der Waals surface area contributed by atoms with Crippen molar-refractivity contribution in [2.75, 3.05) is 10.6 Å². The first-order valence-electron chi connectivity index (χ1n) is 7.88. The number of carbonyl (C=O) groups excluding carboxylic acids is 1. The molecule has 0 aliphatic heterocycles. The van der Waals surface area contributed by atoms with Crippen LogP contribution in [-0.4, -0.2) is 24.7 Å². The summed E-state index contributed by atoms with van der Waals surface area (Å²) < 4.78 is 11.7. The van der Waals surface area contributed by atoms with E-state index in [0.29, 0.717) is 23.4 Å². The number of rotatable bonds is 7. The number of benzene rings is 1. The SMILES string of the molecule is C[Si](C)(C)Oc1c(NC(=O)CCCBr)oc(-c2ccccc2Cl)c1O. The molecule has 8 heteroatoms. The van der Waals surface area contributed by atoms with E-state index in [9.17, 15) is 9.90 Å². The molecular weight excluding hydrogens is 426 g/mol. The van der Waals surface area contributed by atoms with E-state index < -0.39 is 8.32 Å². The molecule has 0 spiro atoms. The van der Waals surface area contributed by atoms with E-state index >= 15 is 0 Å². The maximum Gasteiger partial charge on any atom is 0.245 e. The molecule has 0 unspecified atom stereocenters. The number of amides is 1. The minimum absolute atomic E-state index is 0.106. The zero-order valence-electron chi connectivity index (χ0n) is 14.4. The van der Waals surface area contributed by atoms with Crippen molar-refractivity contribution in [3.63, 3.8) is 0 Å². The highest BCUT2D eigenvalue weighted by Gasteiger charge is 2.29. The van der Waals surface area contributed by atoms with Crippen LogP contribution in [0.25, 0.3) is 11.3 Å². The zero-order valence-corrected chi connectivity index (χ0v) is 17.7. The average Bonchev–Trinajstić information content (AvgIpc) is 2.81. The third-order valence-corrected chi connectivity index (χ3v) is 4.86. The predicted octanol–water partition coefficient (Wildman–Crippen LogP) is 5.63. The Balaban J connectivity index is 2.44. The summed E-state index contributed by atoms with van der Waals surface area (Å²) in [4.78, 5) is 12.1. The second kappa shape index (κ2) is 8.29. The van der Waals surface area contributed by atoms with Gasteiger partial charge in [0.15, 0.2) is 5.76 Å². The van der Waals surface area contributed by atoms with Gasteiger partial charge in [-0.25, -0.2) is 0 Å². The van der Waals surface area contributed by atoms with Gasteiger partial charge in [-0.3, -0.25) is 10.1 Å². The van der Waals surface area contributed by atoms with Crippen molar-refractivity contribution in [1.29, 1.82) is 0 Å². The summed E-state index contributed by atoms with van der Waals surface area (Å²) in [6.45, 7) is 5.93. The van der Waals surface area contributed by atoms with Crippen LogP contribution in [0.4, 0.5) is 5.88 Å². The van der Waals surface area contributed by atoms with Crippen LogP contribution in [0, 0.1) is 0 Å². The minimum atomic E-state index is -2.05. The molecule has 0 fully saturated rings. The second-order valence-electron chi connectivity index (χ2n) is 6.47. The lowest BCUT2D eigenvalue weighted by molar-refractivity contribution is -0.116. The summed E-state index contributed by atoms with van der Waals surface area (Å²) in [6.07, 6.45) is 1.03. The maximum absolute atomic E-state index is 12.1. The Bertz CT molecular complexity index is 758. The highest BCUT2D eigenvalue weighted by atomic mass is 79.9.